The summed E-state index contributed by atoms with van der Waals surface area (Å²) in [4.78, 5) is 15.6. The second kappa shape index (κ2) is 5.97. The average molecular weight is 259 g/mol. The highest BCUT2D eigenvalue weighted by atomic mass is 32.1. The minimum absolute atomic E-state index is 0.189. The summed E-state index contributed by atoms with van der Waals surface area (Å²) in [6, 6.07) is 9.70. The molecule has 92 valence electrons. The molecule has 4 nitrogen and oxygen atoms in total. The molecule has 5 heteroatoms. The number of hydrogen-bond acceptors (Lipinski definition) is 4. The molecule has 2 aromatic rings. The van der Waals surface area contributed by atoms with Gasteiger partial charge in [-0.2, -0.15) is 0 Å². The largest absolute Gasteiger partial charge is 0.359 e. The van der Waals surface area contributed by atoms with Gasteiger partial charge in [-0.1, -0.05) is 18.2 Å². The van der Waals surface area contributed by atoms with Crippen LogP contribution < -0.4 is 10.6 Å². The van der Waals surface area contributed by atoms with E-state index in [0.29, 0.717) is 5.13 Å². The monoisotopic (exact) mass is 259 g/mol. The SMILES string of the molecule is C/C(=C/C(=O)Nc1nccs1)Nc1ccccc1. The molecule has 0 aliphatic carbocycles. The van der Waals surface area contributed by atoms with E-state index in [4.69, 9.17) is 0 Å². The van der Waals surface area contributed by atoms with E-state index >= 15 is 0 Å². The van der Waals surface area contributed by atoms with Crippen molar-refractivity contribution >= 4 is 28.1 Å². The van der Waals surface area contributed by atoms with Gasteiger partial charge in [0.25, 0.3) is 5.91 Å². The summed E-state index contributed by atoms with van der Waals surface area (Å²) < 4.78 is 0. The van der Waals surface area contributed by atoms with Gasteiger partial charge in [-0.25, -0.2) is 4.98 Å². The van der Waals surface area contributed by atoms with Gasteiger partial charge in [-0.15, -0.1) is 11.3 Å². The van der Waals surface area contributed by atoms with Gasteiger partial charge >= 0.3 is 0 Å². The lowest BCUT2D eigenvalue weighted by Crippen LogP contribution is -2.10. The van der Waals surface area contributed by atoms with Crippen LogP contribution in [-0.4, -0.2) is 10.9 Å². The van der Waals surface area contributed by atoms with Crippen molar-refractivity contribution < 1.29 is 4.79 Å². The lowest BCUT2D eigenvalue weighted by Gasteiger charge is -2.05. The van der Waals surface area contributed by atoms with Crippen LogP contribution in [0.3, 0.4) is 0 Å². The lowest BCUT2D eigenvalue weighted by atomic mass is 10.3. The number of allylic oxidation sites excluding steroid dienone is 1. The molecule has 2 rings (SSSR count). The molecule has 1 aromatic heterocycles. The van der Waals surface area contributed by atoms with Crippen molar-refractivity contribution in [3.05, 3.63) is 53.7 Å². The van der Waals surface area contributed by atoms with E-state index in [-0.39, 0.29) is 5.91 Å². The quantitative estimate of drug-likeness (QED) is 0.830. The standard InChI is InChI=1S/C13H13N3OS/c1-10(15-11-5-3-2-4-6-11)9-12(17)16-13-14-7-8-18-13/h2-9,15H,1H3,(H,14,16,17)/b10-9-. The van der Waals surface area contributed by atoms with E-state index in [9.17, 15) is 4.79 Å². The molecule has 1 heterocycles. The minimum atomic E-state index is -0.189. The molecule has 0 saturated heterocycles. The molecule has 0 saturated carbocycles. The summed E-state index contributed by atoms with van der Waals surface area (Å²) in [6.45, 7) is 1.84. The maximum atomic E-state index is 11.7. The number of rotatable bonds is 4. The fraction of sp³-hybridized carbons (Fsp3) is 0.0769. The Morgan fingerprint density at radius 3 is 2.72 bits per heavy atom. The molecule has 0 bridgehead atoms. The van der Waals surface area contributed by atoms with E-state index < -0.39 is 0 Å². The Balaban J connectivity index is 1.94. The van der Waals surface area contributed by atoms with Crippen molar-refractivity contribution in [1.29, 1.82) is 0 Å². The van der Waals surface area contributed by atoms with Crippen LogP contribution in [0.2, 0.25) is 0 Å². The summed E-state index contributed by atoms with van der Waals surface area (Å²) in [5, 5.41) is 8.24. The summed E-state index contributed by atoms with van der Waals surface area (Å²) in [5.41, 5.74) is 1.73. The van der Waals surface area contributed by atoms with Gasteiger partial charge in [-0.05, 0) is 19.1 Å². The average Bonchev–Trinajstić information content (AvgIpc) is 2.82. The number of carbonyl (C=O) groups is 1. The van der Waals surface area contributed by atoms with Gasteiger partial charge in [-0.3, -0.25) is 10.1 Å². The number of hydrogen-bond donors (Lipinski definition) is 2. The third-order valence-corrected chi connectivity index (χ3v) is 2.81. The van der Waals surface area contributed by atoms with Gasteiger partial charge in [0.2, 0.25) is 0 Å². The molecular weight excluding hydrogens is 246 g/mol. The molecule has 0 aliphatic heterocycles. The summed E-state index contributed by atoms with van der Waals surface area (Å²) in [6.07, 6.45) is 3.16. The predicted molar refractivity (Wildman–Crippen MR) is 74.6 cm³/mol. The molecule has 0 radical (unpaired) electrons. The summed E-state index contributed by atoms with van der Waals surface area (Å²) >= 11 is 1.39. The third kappa shape index (κ3) is 3.71. The highest BCUT2D eigenvalue weighted by molar-refractivity contribution is 7.13. The second-order valence-electron chi connectivity index (χ2n) is 3.64. The molecule has 0 aliphatic rings. The molecule has 0 fully saturated rings. The van der Waals surface area contributed by atoms with Crippen LogP contribution >= 0.6 is 11.3 Å². The molecule has 1 amide bonds. The number of thiazole rings is 1. The Kier molecular flexibility index (Phi) is 4.09. The van der Waals surface area contributed by atoms with Crippen LogP contribution in [-0.2, 0) is 4.79 Å². The first-order valence-corrected chi connectivity index (χ1v) is 6.33. The normalized spacial score (nSPS) is 11.1. The summed E-state index contributed by atoms with van der Waals surface area (Å²) in [5.74, 6) is -0.189. The number of nitrogens with one attached hydrogen (secondary N) is 2. The Bertz CT molecular complexity index is 535. The highest BCUT2D eigenvalue weighted by Crippen LogP contribution is 2.11. The van der Waals surface area contributed by atoms with Crippen molar-refractivity contribution in [2.24, 2.45) is 0 Å². The Hall–Kier alpha value is -2.14. The Morgan fingerprint density at radius 2 is 2.06 bits per heavy atom. The third-order valence-electron chi connectivity index (χ3n) is 2.13. The van der Waals surface area contributed by atoms with E-state index in [0.717, 1.165) is 11.4 Å². The number of anilines is 2. The van der Waals surface area contributed by atoms with Crippen molar-refractivity contribution in [3.8, 4) is 0 Å². The second-order valence-corrected chi connectivity index (χ2v) is 4.54. The molecule has 0 atom stereocenters. The van der Waals surface area contributed by atoms with Gasteiger partial charge in [0.05, 0.1) is 0 Å². The molecule has 0 spiro atoms. The number of amides is 1. The first-order chi connectivity index (χ1) is 8.74. The maximum Gasteiger partial charge on any atom is 0.251 e. The Labute approximate surface area is 109 Å². The van der Waals surface area contributed by atoms with Crippen LogP contribution in [0, 0.1) is 0 Å². The van der Waals surface area contributed by atoms with Gasteiger partial charge in [0.15, 0.2) is 5.13 Å². The molecule has 1 aromatic carbocycles. The van der Waals surface area contributed by atoms with Crippen molar-refractivity contribution in [2.75, 3.05) is 10.6 Å². The van der Waals surface area contributed by atoms with E-state index in [1.54, 1.807) is 6.20 Å². The zero-order chi connectivity index (χ0) is 12.8. The van der Waals surface area contributed by atoms with E-state index in [1.807, 2.05) is 42.6 Å². The van der Waals surface area contributed by atoms with Crippen LogP contribution in [0.25, 0.3) is 0 Å². The first kappa shape index (κ1) is 12.3. The zero-order valence-corrected chi connectivity index (χ0v) is 10.7. The number of benzene rings is 1. The number of para-hydroxylation sites is 1. The van der Waals surface area contributed by atoms with Gasteiger partial charge < -0.3 is 5.32 Å². The summed E-state index contributed by atoms with van der Waals surface area (Å²) in [7, 11) is 0. The topological polar surface area (TPSA) is 54.0 Å². The predicted octanol–water partition coefficient (Wildman–Crippen LogP) is 3.10. The first-order valence-electron chi connectivity index (χ1n) is 5.45. The van der Waals surface area contributed by atoms with Gasteiger partial charge in [0.1, 0.15) is 0 Å². The van der Waals surface area contributed by atoms with Crippen molar-refractivity contribution in [3.63, 3.8) is 0 Å². The number of nitrogens with zero attached hydrogens (tertiary/aromatic N) is 1. The number of aromatic nitrogens is 1. The smallest absolute Gasteiger partial charge is 0.251 e. The fourth-order valence-electron chi connectivity index (χ4n) is 1.41. The van der Waals surface area contributed by atoms with Crippen molar-refractivity contribution in [1.82, 2.24) is 4.98 Å². The lowest BCUT2D eigenvalue weighted by molar-refractivity contribution is -0.111. The molecule has 0 unspecified atom stereocenters. The van der Waals surface area contributed by atoms with Gasteiger partial charge in [0, 0.05) is 29.0 Å². The van der Waals surface area contributed by atoms with Crippen molar-refractivity contribution in [2.45, 2.75) is 6.92 Å². The fourth-order valence-corrected chi connectivity index (χ4v) is 1.94. The highest BCUT2D eigenvalue weighted by Gasteiger charge is 2.01. The Morgan fingerprint density at radius 1 is 1.28 bits per heavy atom. The van der Waals surface area contributed by atoms with Crippen LogP contribution in [0.15, 0.2) is 53.7 Å². The van der Waals surface area contributed by atoms with E-state index in [2.05, 4.69) is 15.6 Å². The minimum Gasteiger partial charge on any atom is -0.359 e. The maximum absolute atomic E-state index is 11.7. The molecule has 2 N–H and O–H groups in total. The molecular formula is C13H13N3OS. The number of carbonyl (C=O) groups excluding carboxylic acids is 1. The van der Waals surface area contributed by atoms with Crippen LogP contribution in [0.1, 0.15) is 6.92 Å². The van der Waals surface area contributed by atoms with Crippen LogP contribution in [0.5, 0.6) is 0 Å². The van der Waals surface area contributed by atoms with Crippen LogP contribution in [0.4, 0.5) is 10.8 Å². The van der Waals surface area contributed by atoms with E-state index in [1.165, 1.54) is 17.4 Å². The molecule has 18 heavy (non-hydrogen) atoms. The zero-order valence-electron chi connectivity index (χ0n) is 9.88.